The van der Waals surface area contributed by atoms with E-state index in [9.17, 15) is 18.3 Å². The topological polar surface area (TPSA) is 127 Å². The molecule has 0 aliphatic carbocycles. The first-order chi connectivity index (χ1) is 20.7. The second-order valence-corrected chi connectivity index (χ2v) is 14.8. The van der Waals surface area contributed by atoms with Crippen LogP contribution in [0.3, 0.4) is 0 Å². The fourth-order valence-electron chi connectivity index (χ4n) is 5.73. The number of aromatic nitrogens is 1. The van der Waals surface area contributed by atoms with Gasteiger partial charge in [0.25, 0.3) is 0 Å². The first kappa shape index (κ1) is 31.1. The van der Waals surface area contributed by atoms with Crippen molar-refractivity contribution < 1.29 is 22.7 Å². The molecule has 226 valence electrons. The van der Waals surface area contributed by atoms with Gasteiger partial charge in [-0.2, -0.15) is 0 Å². The summed E-state index contributed by atoms with van der Waals surface area (Å²) < 4.78 is 34.1. The van der Waals surface area contributed by atoms with Crippen molar-refractivity contribution in [3.8, 4) is 0 Å². The minimum atomic E-state index is -3.94. The number of aliphatic hydroxyl groups excluding tert-OH is 1. The molecule has 3 aromatic heterocycles. The zero-order valence-electron chi connectivity index (χ0n) is 23.8. The summed E-state index contributed by atoms with van der Waals surface area (Å²) in [6.45, 7) is 2.46. The van der Waals surface area contributed by atoms with Crippen LogP contribution in [-0.2, 0) is 33.5 Å². The molecule has 43 heavy (non-hydrogen) atoms. The number of oxazole rings is 1. The van der Waals surface area contributed by atoms with Gasteiger partial charge in [0.15, 0.2) is 15.4 Å². The van der Waals surface area contributed by atoms with E-state index in [4.69, 9.17) is 10.2 Å². The molecule has 0 bridgehead atoms. The highest BCUT2D eigenvalue weighted by Crippen LogP contribution is 2.42. The van der Waals surface area contributed by atoms with Gasteiger partial charge in [-0.3, -0.25) is 9.69 Å². The molecule has 0 aliphatic rings. The number of aliphatic hydroxyl groups is 1. The third-order valence-corrected chi connectivity index (χ3v) is 11.0. The Morgan fingerprint density at radius 2 is 1.60 bits per heavy atom. The van der Waals surface area contributed by atoms with Gasteiger partial charge in [-0.1, -0.05) is 67.9 Å². The zero-order chi connectivity index (χ0) is 30.5. The number of nitrogens with two attached hydrogens (primary N) is 1. The molecule has 0 saturated carbocycles. The first-order valence-electron chi connectivity index (χ1n) is 14.1. The summed E-state index contributed by atoms with van der Waals surface area (Å²) in [5.41, 5.74) is 6.20. The molecule has 2 unspecified atom stereocenters. The Bertz CT molecular complexity index is 1650. The Morgan fingerprint density at radius 3 is 2.16 bits per heavy atom. The lowest BCUT2D eigenvalue weighted by Gasteiger charge is -2.47. The van der Waals surface area contributed by atoms with Crippen LogP contribution in [0.1, 0.15) is 47.1 Å². The van der Waals surface area contributed by atoms with Crippen LogP contribution in [0.2, 0.25) is 0 Å². The zero-order valence-corrected chi connectivity index (χ0v) is 26.3. The molecule has 0 radical (unpaired) electrons. The summed E-state index contributed by atoms with van der Waals surface area (Å²) in [5.74, 6) is -2.59. The van der Waals surface area contributed by atoms with Crippen molar-refractivity contribution in [2.24, 2.45) is 11.7 Å². The van der Waals surface area contributed by atoms with E-state index in [1.54, 1.807) is 42.5 Å². The van der Waals surface area contributed by atoms with E-state index in [0.717, 1.165) is 9.75 Å². The van der Waals surface area contributed by atoms with Gasteiger partial charge in [-0.05, 0) is 47.0 Å². The molecule has 3 N–H and O–H groups in total. The molecule has 3 heterocycles. The summed E-state index contributed by atoms with van der Waals surface area (Å²) >= 11 is 3.02. The van der Waals surface area contributed by atoms with Crippen LogP contribution in [0, 0.1) is 5.92 Å². The van der Waals surface area contributed by atoms with Crippen molar-refractivity contribution >= 4 is 49.5 Å². The highest BCUT2D eigenvalue weighted by atomic mass is 32.2. The monoisotopic (exact) mass is 637 g/mol. The molecule has 1 amide bonds. The van der Waals surface area contributed by atoms with Crippen molar-refractivity contribution in [3.05, 3.63) is 111 Å². The number of hydrogen-bond donors (Lipinski definition) is 2. The lowest BCUT2D eigenvalue weighted by molar-refractivity contribution is -0.139. The normalized spacial score (nSPS) is 15.0. The molecule has 2 aromatic carbocycles. The molecule has 0 aliphatic heterocycles. The average molecular weight is 638 g/mol. The molecular formula is C32H35N3O5S3. The smallest absolute Gasteiger partial charge is 0.239 e. The van der Waals surface area contributed by atoms with E-state index in [1.165, 1.54) is 22.7 Å². The molecule has 5 rings (SSSR count). The first-order valence-corrected chi connectivity index (χ1v) is 17.7. The summed E-state index contributed by atoms with van der Waals surface area (Å²) in [7, 11) is -3.94. The third kappa shape index (κ3) is 7.08. The number of para-hydroxylation sites is 2. The van der Waals surface area contributed by atoms with Gasteiger partial charge < -0.3 is 15.3 Å². The maximum atomic E-state index is 14.1. The van der Waals surface area contributed by atoms with Crippen LogP contribution in [0.4, 0.5) is 0 Å². The van der Waals surface area contributed by atoms with E-state index in [0.29, 0.717) is 29.5 Å². The number of sulfone groups is 1. The minimum Gasteiger partial charge on any atom is -0.438 e. The third-order valence-electron chi connectivity index (χ3n) is 7.67. The fourth-order valence-corrected chi connectivity index (χ4v) is 9.18. The number of primary amides is 1. The number of fused-ring (bicyclic) bond motifs is 1. The maximum absolute atomic E-state index is 14.1. The Morgan fingerprint density at radius 1 is 0.977 bits per heavy atom. The average Bonchev–Trinajstić information content (AvgIpc) is 3.77. The second kappa shape index (κ2) is 13.5. The number of carbonyl (C=O) groups is 1. The van der Waals surface area contributed by atoms with Gasteiger partial charge >= 0.3 is 0 Å². The number of amides is 1. The number of nitrogens with zero attached hydrogens (tertiary/aromatic N) is 2. The Balaban J connectivity index is 1.68. The van der Waals surface area contributed by atoms with Gasteiger partial charge in [-0.25, -0.2) is 13.4 Å². The highest BCUT2D eigenvalue weighted by Gasteiger charge is 2.55. The SMILES string of the molecule is CCC[C@H](C(O)c1nc2ccccc2o1)C(CS(=O)(=O)Cc1ccccc1)(C(N)=O)N(Cc1cccs1)Cc1cccs1. The van der Waals surface area contributed by atoms with Crippen molar-refractivity contribution in [3.63, 3.8) is 0 Å². The van der Waals surface area contributed by atoms with Crippen LogP contribution in [0.25, 0.3) is 11.1 Å². The van der Waals surface area contributed by atoms with Crippen molar-refractivity contribution in [2.75, 3.05) is 5.75 Å². The summed E-state index contributed by atoms with van der Waals surface area (Å²) in [4.78, 5) is 22.3. The van der Waals surface area contributed by atoms with Crippen molar-refractivity contribution in [2.45, 2.75) is 50.3 Å². The van der Waals surface area contributed by atoms with E-state index >= 15 is 0 Å². The van der Waals surface area contributed by atoms with E-state index < -0.39 is 39.1 Å². The minimum absolute atomic E-state index is 0.0259. The van der Waals surface area contributed by atoms with Gasteiger partial charge in [0.05, 0.1) is 11.5 Å². The van der Waals surface area contributed by atoms with E-state index in [1.807, 2.05) is 59.0 Å². The van der Waals surface area contributed by atoms with Gasteiger partial charge in [-0.15, -0.1) is 22.7 Å². The molecule has 0 fully saturated rings. The predicted molar refractivity (Wildman–Crippen MR) is 171 cm³/mol. The summed E-state index contributed by atoms with van der Waals surface area (Å²) in [6.07, 6.45) is -0.544. The molecule has 0 spiro atoms. The molecule has 8 nitrogen and oxygen atoms in total. The number of hydrogen-bond acceptors (Lipinski definition) is 9. The quantitative estimate of drug-likeness (QED) is 0.145. The van der Waals surface area contributed by atoms with Crippen LogP contribution < -0.4 is 5.73 Å². The van der Waals surface area contributed by atoms with Crippen molar-refractivity contribution in [1.82, 2.24) is 9.88 Å². The Labute approximate surface area is 259 Å². The summed E-state index contributed by atoms with van der Waals surface area (Å²) in [6, 6.07) is 23.7. The largest absolute Gasteiger partial charge is 0.438 e. The molecule has 0 saturated heterocycles. The summed E-state index contributed by atoms with van der Waals surface area (Å²) in [5, 5.41) is 15.9. The molecule has 3 atom stereocenters. The van der Waals surface area contributed by atoms with Crippen molar-refractivity contribution in [1.29, 1.82) is 0 Å². The number of benzene rings is 2. The molecular weight excluding hydrogens is 603 g/mol. The predicted octanol–water partition coefficient (Wildman–Crippen LogP) is 5.94. The lowest BCUT2D eigenvalue weighted by atomic mass is 9.76. The maximum Gasteiger partial charge on any atom is 0.239 e. The lowest BCUT2D eigenvalue weighted by Crippen LogP contribution is -2.66. The van der Waals surface area contributed by atoms with Crippen LogP contribution >= 0.6 is 22.7 Å². The second-order valence-electron chi connectivity index (χ2n) is 10.7. The van der Waals surface area contributed by atoms with E-state index in [2.05, 4.69) is 4.98 Å². The number of carbonyl (C=O) groups excluding carboxylic acids is 1. The Kier molecular flexibility index (Phi) is 9.78. The van der Waals surface area contributed by atoms with Crippen LogP contribution in [0.15, 0.2) is 94.0 Å². The highest BCUT2D eigenvalue weighted by molar-refractivity contribution is 7.90. The fraction of sp³-hybridized carbons (Fsp3) is 0.312. The number of rotatable bonds is 15. The van der Waals surface area contributed by atoms with E-state index in [-0.39, 0.29) is 24.7 Å². The van der Waals surface area contributed by atoms with Gasteiger partial charge in [0.2, 0.25) is 11.8 Å². The van der Waals surface area contributed by atoms with Crippen LogP contribution in [0.5, 0.6) is 0 Å². The van der Waals surface area contributed by atoms with Gasteiger partial charge in [0, 0.05) is 28.8 Å². The molecule has 5 aromatic rings. The molecule has 11 heteroatoms. The standard InChI is InChI=1S/C32H35N3O5S3/c1-2-10-26(29(36)30-34-27-15-6-7-16-28(27)40-30)32(31(33)37,22-43(38,39)21-23-11-4-3-5-12-23)35(19-24-13-8-17-41-24)20-25-14-9-18-42-25/h3-9,11-18,26,29,36H,2,10,19-22H2,1H3,(H2,33,37)/t26-,29?,32?/m1/s1. The van der Waals surface area contributed by atoms with Crippen LogP contribution in [-0.4, -0.2) is 40.6 Å². The number of thiophene rings is 2. The Hall–Kier alpha value is -3.35. The van der Waals surface area contributed by atoms with Gasteiger partial charge in [0.1, 0.15) is 17.2 Å².